The van der Waals surface area contributed by atoms with Crippen LogP contribution in [0.4, 0.5) is 11.4 Å². The molecular weight excluding hydrogens is 348 g/mol. The molecule has 0 aliphatic rings. The number of benzene rings is 2. The van der Waals surface area contributed by atoms with E-state index in [-0.39, 0.29) is 5.75 Å². The molecule has 0 aliphatic carbocycles. The molecule has 5 heteroatoms. The highest BCUT2D eigenvalue weighted by molar-refractivity contribution is 9.10. The first kappa shape index (κ1) is 15.8. The van der Waals surface area contributed by atoms with Gasteiger partial charge in [0, 0.05) is 21.9 Å². The third-order valence-electron chi connectivity index (χ3n) is 3.01. The molecule has 0 heterocycles. The SMILES string of the molecule is CC(C)c1ccc(O)cc1NC(=S)Nc1ccc(Br)cc1. The van der Waals surface area contributed by atoms with Crippen molar-refractivity contribution in [3.63, 3.8) is 0 Å². The fraction of sp³-hybridized carbons (Fsp3) is 0.188. The Balaban J connectivity index is 2.12. The van der Waals surface area contributed by atoms with Crippen molar-refractivity contribution in [2.24, 2.45) is 0 Å². The number of hydrogen-bond acceptors (Lipinski definition) is 2. The number of phenols is 1. The Morgan fingerprint density at radius 3 is 2.38 bits per heavy atom. The van der Waals surface area contributed by atoms with Crippen molar-refractivity contribution in [3.05, 3.63) is 52.5 Å². The van der Waals surface area contributed by atoms with Crippen LogP contribution in [0.15, 0.2) is 46.9 Å². The Morgan fingerprint density at radius 1 is 1.10 bits per heavy atom. The lowest BCUT2D eigenvalue weighted by Crippen LogP contribution is -2.20. The molecule has 0 radical (unpaired) electrons. The largest absolute Gasteiger partial charge is 0.508 e. The van der Waals surface area contributed by atoms with Gasteiger partial charge in [-0.25, -0.2) is 0 Å². The van der Waals surface area contributed by atoms with Crippen LogP contribution in [-0.4, -0.2) is 10.2 Å². The highest BCUT2D eigenvalue weighted by Crippen LogP contribution is 2.28. The van der Waals surface area contributed by atoms with E-state index in [0.29, 0.717) is 11.0 Å². The van der Waals surface area contributed by atoms with Crippen molar-refractivity contribution in [2.75, 3.05) is 10.6 Å². The summed E-state index contributed by atoms with van der Waals surface area (Å²) in [6.07, 6.45) is 0. The second-order valence-electron chi connectivity index (χ2n) is 5.01. The van der Waals surface area contributed by atoms with Gasteiger partial charge in [-0.1, -0.05) is 35.8 Å². The molecule has 2 aromatic carbocycles. The van der Waals surface area contributed by atoms with E-state index in [1.807, 2.05) is 30.3 Å². The van der Waals surface area contributed by atoms with Gasteiger partial charge in [0.15, 0.2) is 5.11 Å². The zero-order valence-electron chi connectivity index (χ0n) is 11.9. The quantitative estimate of drug-likeness (QED) is 0.663. The fourth-order valence-electron chi connectivity index (χ4n) is 1.97. The molecule has 110 valence electrons. The predicted octanol–water partition coefficient (Wildman–Crippen LogP) is 5.09. The molecule has 0 atom stereocenters. The molecule has 3 N–H and O–H groups in total. The van der Waals surface area contributed by atoms with Crippen molar-refractivity contribution in [3.8, 4) is 5.75 Å². The van der Waals surface area contributed by atoms with Crippen LogP contribution >= 0.6 is 28.1 Å². The topological polar surface area (TPSA) is 44.3 Å². The van der Waals surface area contributed by atoms with Crippen LogP contribution in [-0.2, 0) is 0 Å². The molecule has 2 aromatic rings. The number of anilines is 2. The zero-order chi connectivity index (χ0) is 15.4. The molecule has 0 saturated heterocycles. The maximum Gasteiger partial charge on any atom is 0.175 e. The van der Waals surface area contributed by atoms with E-state index >= 15 is 0 Å². The average molecular weight is 365 g/mol. The molecule has 0 unspecified atom stereocenters. The molecule has 0 fully saturated rings. The van der Waals surface area contributed by atoms with Gasteiger partial charge in [-0.3, -0.25) is 0 Å². The highest BCUT2D eigenvalue weighted by Gasteiger charge is 2.09. The number of nitrogens with one attached hydrogen (secondary N) is 2. The van der Waals surface area contributed by atoms with E-state index in [4.69, 9.17) is 12.2 Å². The molecule has 21 heavy (non-hydrogen) atoms. The number of phenolic OH excluding ortho intramolecular Hbond substituents is 1. The number of hydrogen-bond donors (Lipinski definition) is 3. The van der Waals surface area contributed by atoms with Crippen LogP contribution in [0, 0.1) is 0 Å². The van der Waals surface area contributed by atoms with Crippen LogP contribution < -0.4 is 10.6 Å². The molecule has 0 bridgehead atoms. The highest BCUT2D eigenvalue weighted by atomic mass is 79.9. The van der Waals surface area contributed by atoms with Gasteiger partial charge in [-0.15, -0.1) is 0 Å². The number of aromatic hydroxyl groups is 1. The van der Waals surface area contributed by atoms with Gasteiger partial charge in [0.1, 0.15) is 5.75 Å². The van der Waals surface area contributed by atoms with Crippen LogP contribution in [0.25, 0.3) is 0 Å². The van der Waals surface area contributed by atoms with Gasteiger partial charge < -0.3 is 15.7 Å². The number of halogens is 1. The van der Waals surface area contributed by atoms with E-state index in [2.05, 4.69) is 40.4 Å². The van der Waals surface area contributed by atoms with Crippen LogP contribution in [0.5, 0.6) is 5.75 Å². The van der Waals surface area contributed by atoms with E-state index in [0.717, 1.165) is 21.4 Å². The van der Waals surface area contributed by atoms with E-state index < -0.39 is 0 Å². The Morgan fingerprint density at radius 2 is 1.76 bits per heavy atom. The van der Waals surface area contributed by atoms with E-state index in [1.165, 1.54) is 0 Å². The molecule has 0 saturated carbocycles. The van der Waals surface area contributed by atoms with Crippen molar-refractivity contribution in [1.82, 2.24) is 0 Å². The maximum absolute atomic E-state index is 9.64. The number of thiocarbonyl (C=S) groups is 1. The molecule has 0 spiro atoms. The fourth-order valence-corrected chi connectivity index (χ4v) is 2.47. The summed E-state index contributed by atoms with van der Waals surface area (Å²) in [5.41, 5.74) is 2.83. The second kappa shape index (κ2) is 6.91. The maximum atomic E-state index is 9.64. The van der Waals surface area contributed by atoms with Crippen molar-refractivity contribution < 1.29 is 5.11 Å². The van der Waals surface area contributed by atoms with Crippen LogP contribution in [0.3, 0.4) is 0 Å². The standard InChI is InChI=1S/C16H17BrN2OS/c1-10(2)14-8-7-13(20)9-15(14)19-16(21)18-12-5-3-11(17)4-6-12/h3-10,20H,1-2H3,(H2,18,19,21). The first-order chi connectivity index (χ1) is 9.95. The van der Waals surface area contributed by atoms with E-state index in [1.54, 1.807) is 12.1 Å². The summed E-state index contributed by atoms with van der Waals surface area (Å²) < 4.78 is 1.02. The lowest BCUT2D eigenvalue weighted by molar-refractivity contribution is 0.475. The van der Waals surface area contributed by atoms with Gasteiger partial charge in [0.05, 0.1) is 0 Å². The molecule has 0 aliphatic heterocycles. The van der Waals surface area contributed by atoms with E-state index in [9.17, 15) is 5.11 Å². The minimum absolute atomic E-state index is 0.216. The van der Waals surface area contributed by atoms with Gasteiger partial charge >= 0.3 is 0 Å². The van der Waals surface area contributed by atoms with Crippen molar-refractivity contribution in [1.29, 1.82) is 0 Å². The summed E-state index contributed by atoms with van der Waals surface area (Å²) in [6, 6.07) is 13.0. The van der Waals surface area contributed by atoms with Gasteiger partial charge in [0.25, 0.3) is 0 Å². The summed E-state index contributed by atoms with van der Waals surface area (Å²) in [4.78, 5) is 0. The number of rotatable bonds is 3. The molecule has 0 amide bonds. The predicted molar refractivity (Wildman–Crippen MR) is 96.2 cm³/mol. The Bertz CT molecular complexity index is 641. The van der Waals surface area contributed by atoms with Crippen LogP contribution in [0.2, 0.25) is 0 Å². The summed E-state index contributed by atoms with van der Waals surface area (Å²) in [7, 11) is 0. The van der Waals surface area contributed by atoms with Crippen molar-refractivity contribution in [2.45, 2.75) is 19.8 Å². The molecular formula is C16H17BrN2OS. The Labute approximate surface area is 138 Å². The first-order valence-corrected chi connectivity index (χ1v) is 7.82. The second-order valence-corrected chi connectivity index (χ2v) is 6.34. The van der Waals surface area contributed by atoms with Gasteiger partial charge in [0.2, 0.25) is 0 Å². The van der Waals surface area contributed by atoms with Gasteiger partial charge in [-0.2, -0.15) is 0 Å². The zero-order valence-corrected chi connectivity index (χ0v) is 14.3. The summed E-state index contributed by atoms with van der Waals surface area (Å²) >= 11 is 8.72. The third kappa shape index (κ3) is 4.44. The summed E-state index contributed by atoms with van der Waals surface area (Å²) in [5, 5.41) is 16.4. The first-order valence-electron chi connectivity index (χ1n) is 6.62. The summed E-state index contributed by atoms with van der Waals surface area (Å²) in [6.45, 7) is 4.20. The Kier molecular flexibility index (Phi) is 5.20. The summed E-state index contributed by atoms with van der Waals surface area (Å²) in [5.74, 6) is 0.553. The monoisotopic (exact) mass is 364 g/mol. The van der Waals surface area contributed by atoms with Crippen LogP contribution in [0.1, 0.15) is 25.3 Å². The minimum Gasteiger partial charge on any atom is -0.508 e. The molecule has 3 nitrogen and oxygen atoms in total. The van der Waals surface area contributed by atoms with Gasteiger partial charge in [-0.05, 0) is 54.0 Å². The normalized spacial score (nSPS) is 10.5. The third-order valence-corrected chi connectivity index (χ3v) is 3.74. The van der Waals surface area contributed by atoms with Crippen molar-refractivity contribution >= 4 is 44.6 Å². The lowest BCUT2D eigenvalue weighted by atomic mass is 10.0. The smallest absolute Gasteiger partial charge is 0.175 e. The Hall–Kier alpha value is -1.59. The molecule has 2 rings (SSSR count). The molecule has 0 aromatic heterocycles. The average Bonchev–Trinajstić information content (AvgIpc) is 2.41. The lowest BCUT2D eigenvalue weighted by Gasteiger charge is -2.16. The minimum atomic E-state index is 0.216.